The molecule has 1 aromatic heterocycles. The number of alkyl halides is 3. The lowest BCUT2D eigenvalue weighted by Crippen LogP contribution is -2.29. The normalized spacial score (nSPS) is 12.8. The first-order valence-corrected chi connectivity index (χ1v) is 7.16. The number of carbonyl (C=O) groups excluding carboxylic acids is 2. The number of hydrogen-bond acceptors (Lipinski definition) is 4. The number of benzene rings is 1. The molecule has 0 aliphatic carbocycles. The van der Waals surface area contributed by atoms with E-state index in [9.17, 15) is 22.8 Å². The van der Waals surface area contributed by atoms with E-state index in [0.717, 1.165) is 30.3 Å². The number of nitrogens with one attached hydrogen (secondary N) is 1. The van der Waals surface area contributed by atoms with Crippen LogP contribution in [0.4, 0.5) is 18.9 Å². The third-order valence-corrected chi connectivity index (χ3v) is 3.07. The molecule has 0 saturated carbocycles. The predicted molar refractivity (Wildman–Crippen MR) is 83.4 cm³/mol. The molecular weight excluding hydrogens is 339 g/mol. The van der Waals surface area contributed by atoms with E-state index in [4.69, 9.17) is 9.15 Å². The Hall–Kier alpha value is -3.03. The Balaban J connectivity index is 1.88. The smallest absolute Gasteiger partial charge is 0.416 e. The average Bonchev–Trinajstić information content (AvgIpc) is 3.06. The van der Waals surface area contributed by atoms with Crippen LogP contribution in [-0.2, 0) is 20.5 Å². The highest BCUT2D eigenvalue weighted by atomic mass is 19.4. The molecule has 1 atom stereocenters. The minimum absolute atomic E-state index is 0.159. The van der Waals surface area contributed by atoms with Gasteiger partial charge in [-0.25, -0.2) is 4.79 Å². The number of ether oxygens (including phenoxy) is 1. The first kappa shape index (κ1) is 18.3. The molecule has 1 N–H and O–H groups in total. The van der Waals surface area contributed by atoms with Crippen molar-refractivity contribution in [1.82, 2.24) is 0 Å². The lowest BCUT2D eigenvalue weighted by molar-refractivity contribution is -0.148. The number of anilines is 1. The maximum Gasteiger partial charge on any atom is 0.416 e. The summed E-state index contributed by atoms with van der Waals surface area (Å²) >= 11 is 0. The van der Waals surface area contributed by atoms with E-state index >= 15 is 0 Å². The van der Waals surface area contributed by atoms with Crippen LogP contribution >= 0.6 is 0 Å². The van der Waals surface area contributed by atoms with Crippen molar-refractivity contribution < 1.29 is 31.9 Å². The van der Waals surface area contributed by atoms with Crippen LogP contribution < -0.4 is 5.32 Å². The number of carbonyl (C=O) groups is 2. The summed E-state index contributed by atoms with van der Waals surface area (Å²) in [6, 6.07) is 7.20. The maximum atomic E-state index is 12.5. The van der Waals surface area contributed by atoms with E-state index in [2.05, 4.69) is 5.32 Å². The van der Waals surface area contributed by atoms with Crippen molar-refractivity contribution in [3.63, 3.8) is 0 Å². The van der Waals surface area contributed by atoms with E-state index in [-0.39, 0.29) is 5.69 Å². The number of furan rings is 1. The van der Waals surface area contributed by atoms with Gasteiger partial charge in [0, 0.05) is 11.8 Å². The van der Waals surface area contributed by atoms with E-state index in [1.165, 1.54) is 19.3 Å². The van der Waals surface area contributed by atoms with Crippen LogP contribution in [0.25, 0.3) is 6.08 Å². The zero-order valence-corrected chi connectivity index (χ0v) is 13.0. The first-order valence-electron chi connectivity index (χ1n) is 7.16. The summed E-state index contributed by atoms with van der Waals surface area (Å²) in [6.07, 6.45) is -1.67. The molecule has 5 nitrogen and oxygen atoms in total. The van der Waals surface area contributed by atoms with Crippen molar-refractivity contribution in [2.75, 3.05) is 5.32 Å². The number of halogens is 3. The van der Waals surface area contributed by atoms with Crippen molar-refractivity contribution in [2.24, 2.45) is 0 Å². The molecule has 1 amide bonds. The van der Waals surface area contributed by atoms with Gasteiger partial charge in [0.05, 0.1) is 11.8 Å². The summed E-state index contributed by atoms with van der Waals surface area (Å²) in [5.41, 5.74) is -0.667. The summed E-state index contributed by atoms with van der Waals surface area (Å²) < 4.78 is 47.3. The van der Waals surface area contributed by atoms with Gasteiger partial charge in [-0.1, -0.05) is 0 Å². The van der Waals surface area contributed by atoms with Gasteiger partial charge in [-0.2, -0.15) is 13.2 Å². The molecule has 0 fully saturated rings. The Bertz CT molecular complexity index is 749. The molecule has 0 saturated heterocycles. The van der Waals surface area contributed by atoms with Crippen molar-refractivity contribution in [3.8, 4) is 0 Å². The van der Waals surface area contributed by atoms with Crippen LogP contribution in [0.3, 0.4) is 0 Å². The SMILES string of the molecule is C[C@@H](OC(=O)/C=C/c1ccco1)C(=O)Nc1ccc(C(F)(F)F)cc1. The molecule has 1 aromatic carbocycles. The Labute approximate surface area is 141 Å². The number of hydrogen-bond donors (Lipinski definition) is 1. The Morgan fingerprint density at radius 2 is 1.88 bits per heavy atom. The van der Waals surface area contributed by atoms with Gasteiger partial charge in [0.2, 0.25) is 0 Å². The summed E-state index contributed by atoms with van der Waals surface area (Å²) in [6.45, 7) is 1.35. The molecule has 25 heavy (non-hydrogen) atoms. The fraction of sp³-hybridized carbons (Fsp3) is 0.176. The molecule has 0 radical (unpaired) electrons. The maximum absolute atomic E-state index is 12.5. The summed E-state index contributed by atoms with van der Waals surface area (Å²) in [5, 5.41) is 2.37. The molecule has 2 rings (SSSR count). The van der Waals surface area contributed by atoms with Crippen LogP contribution in [0.1, 0.15) is 18.2 Å². The molecule has 8 heteroatoms. The number of rotatable bonds is 5. The van der Waals surface area contributed by atoms with Crippen LogP contribution in [0.15, 0.2) is 53.2 Å². The van der Waals surface area contributed by atoms with Gasteiger partial charge in [-0.05, 0) is 49.4 Å². The largest absolute Gasteiger partial charge is 0.465 e. The third kappa shape index (κ3) is 5.52. The molecule has 0 bridgehead atoms. The fourth-order valence-corrected chi connectivity index (χ4v) is 1.79. The minimum atomic E-state index is -4.45. The Morgan fingerprint density at radius 1 is 1.20 bits per heavy atom. The standard InChI is InChI=1S/C17H14F3NO4/c1-11(25-15(22)9-8-14-3-2-10-24-14)16(23)21-13-6-4-12(5-7-13)17(18,19)20/h2-11H,1H3,(H,21,23)/b9-8+/t11-/m1/s1. The second kappa shape index (κ2) is 7.69. The van der Waals surface area contributed by atoms with E-state index in [1.54, 1.807) is 12.1 Å². The van der Waals surface area contributed by atoms with Crippen molar-refractivity contribution in [2.45, 2.75) is 19.2 Å². The third-order valence-electron chi connectivity index (χ3n) is 3.07. The molecule has 1 heterocycles. The number of amides is 1. The topological polar surface area (TPSA) is 68.5 Å². The van der Waals surface area contributed by atoms with Crippen LogP contribution in [0, 0.1) is 0 Å². The highest BCUT2D eigenvalue weighted by Gasteiger charge is 2.30. The zero-order valence-electron chi connectivity index (χ0n) is 13.0. The molecule has 0 aliphatic rings. The molecule has 2 aromatic rings. The van der Waals surface area contributed by atoms with Crippen molar-refractivity contribution >= 4 is 23.6 Å². The lowest BCUT2D eigenvalue weighted by atomic mass is 10.2. The second-order valence-electron chi connectivity index (χ2n) is 4.99. The van der Waals surface area contributed by atoms with Crippen molar-refractivity contribution in [1.29, 1.82) is 0 Å². The molecule has 0 unspecified atom stereocenters. The zero-order chi connectivity index (χ0) is 18.4. The van der Waals surface area contributed by atoms with E-state index in [0.29, 0.717) is 5.76 Å². The highest BCUT2D eigenvalue weighted by Crippen LogP contribution is 2.29. The average molecular weight is 353 g/mol. The lowest BCUT2D eigenvalue weighted by Gasteiger charge is -2.13. The van der Waals surface area contributed by atoms with Gasteiger partial charge < -0.3 is 14.5 Å². The van der Waals surface area contributed by atoms with Crippen molar-refractivity contribution in [3.05, 3.63) is 60.1 Å². The quantitative estimate of drug-likeness (QED) is 0.654. The van der Waals surface area contributed by atoms with Crippen LogP contribution in [0.5, 0.6) is 0 Å². The van der Waals surface area contributed by atoms with Gasteiger partial charge in [-0.3, -0.25) is 4.79 Å². The van der Waals surface area contributed by atoms with E-state index in [1.807, 2.05) is 0 Å². The molecular formula is C17H14F3NO4. The summed E-state index contributed by atoms with van der Waals surface area (Å²) in [5.74, 6) is -0.982. The Kier molecular flexibility index (Phi) is 5.63. The van der Waals surface area contributed by atoms with Gasteiger partial charge >= 0.3 is 12.1 Å². The van der Waals surface area contributed by atoms with Gasteiger partial charge in [0.25, 0.3) is 5.91 Å². The van der Waals surface area contributed by atoms with Gasteiger partial charge in [0.15, 0.2) is 6.10 Å². The predicted octanol–water partition coefficient (Wildman–Crippen LogP) is 3.88. The van der Waals surface area contributed by atoms with Crippen LogP contribution in [-0.4, -0.2) is 18.0 Å². The van der Waals surface area contributed by atoms with Gasteiger partial charge in [0.1, 0.15) is 5.76 Å². The fourth-order valence-electron chi connectivity index (χ4n) is 1.79. The summed E-state index contributed by atoms with van der Waals surface area (Å²) in [7, 11) is 0. The van der Waals surface area contributed by atoms with Gasteiger partial charge in [-0.15, -0.1) is 0 Å². The van der Waals surface area contributed by atoms with E-state index < -0.39 is 29.7 Å². The minimum Gasteiger partial charge on any atom is -0.465 e. The number of esters is 1. The molecule has 0 aliphatic heterocycles. The first-order chi connectivity index (χ1) is 11.8. The van der Waals surface area contributed by atoms with Crippen LogP contribution in [0.2, 0.25) is 0 Å². The molecule has 132 valence electrons. The summed E-state index contributed by atoms with van der Waals surface area (Å²) in [4.78, 5) is 23.5. The monoisotopic (exact) mass is 353 g/mol. The molecule has 0 spiro atoms. The Morgan fingerprint density at radius 3 is 2.44 bits per heavy atom. The second-order valence-corrected chi connectivity index (χ2v) is 4.99. The highest BCUT2D eigenvalue weighted by molar-refractivity contribution is 5.96.